The molecule has 14 rings (SSSR count). The average molecular weight is 1550 g/mol. The molecular formula is C78H74N12O13S5. The molecule has 4 saturated heterocycles. The van der Waals surface area contributed by atoms with Crippen LogP contribution in [0.5, 0.6) is 23.0 Å². The first-order valence-electron chi connectivity index (χ1n) is 33.9. The Morgan fingerprint density at radius 1 is 0.426 bits per heavy atom. The maximum atomic E-state index is 11.6. The Morgan fingerprint density at radius 2 is 0.852 bits per heavy atom. The molecule has 4 aliphatic rings. The minimum absolute atomic E-state index is 0.215. The molecule has 0 aliphatic carbocycles. The second-order valence-electron chi connectivity index (χ2n) is 24.1. The van der Waals surface area contributed by atoms with Crippen LogP contribution in [0.1, 0.15) is 35.1 Å². The highest BCUT2D eigenvalue weighted by Gasteiger charge is 2.32. The number of aromatic nitrogens is 4. The first-order chi connectivity index (χ1) is 52.4. The van der Waals surface area contributed by atoms with E-state index in [0.717, 1.165) is 158 Å². The van der Waals surface area contributed by atoms with Crippen LogP contribution in [-0.4, -0.2) is 151 Å². The SMILES string of the molecule is CN(CCCOc1ccc(/C=C2/SC(=O)NC2=O)cc1)c1nc2ccccc2o1.CN(CCCOc1ccc(/C=C2/SC(=O)NC2=O)cc1)c1nc2ccccc2s1.CN(CCOc1ccc(/C=C2/SC(=O)NC2=O)cc1)c1ccccn1.CN(CCOc1ccc(CC2SC(=O)NC2=O)cc1)c1ccccn1. The number of pyridine rings is 2. The summed E-state index contributed by atoms with van der Waals surface area (Å²) >= 11 is 5.46. The molecule has 10 aromatic rings. The van der Waals surface area contributed by atoms with E-state index in [0.29, 0.717) is 60.1 Å². The standard InChI is InChI=1S/C21H19N3O4S.C21H19N3O3S2.C18H19N3O3S.C18H17N3O3S/c2*1-24(20-22-16-5-2-3-6-17(16)28-20)11-4-12-27-15-9-7-14(8-10-15)13-18-19(25)23-21(26)29-18;2*1-21(16-4-2-3-9-19-16)10-11-24-14-7-5-13(6-8-14)12-15-17(22)20-18(23)25-15/h2*2-3,5-10,13H,4,11-12H2,1H3,(H,23,25,26);2-9,15H,10-12H2,1H3,(H,20,22,23);2-9,12H,10-11H2,1H3,(H,20,22,23)/b2*18-13+;;15-12+. The molecule has 8 heterocycles. The number of nitrogens with one attached hydrogen (secondary N) is 4. The molecule has 0 radical (unpaired) electrons. The van der Waals surface area contributed by atoms with Crippen molar-refractivity contribution in [3.8, 4) is 23.0 Å². The van der Waals surface area contributed by atoms with E-state index in [1.165, 1.54) is 4.70 Å². The number of thiazole rings is 1. The first-order valence-corrected chi connectivity index (χ1v) is 38.1. The summed E-state index contributed by atoms with van der Waals surface area (Å²) in [5, 5.41) is 8.40. The van der Waals surface area contributed by atoms with Crippen LogP contribution in [0.4, 0.5) is 42.0 Å². The van der Waals surface area contributed by atoms with Crippen LogP contribution in [-0.2, 0) is 25.6 Å². The Bertz CT molecular complexity index is 4660. The van der Waals surface area contributed by atoms with E-state index in [2.05, 4.69) is 52.2 Å². The van der Waals surface area contributed by atoms with Crippen molar-refractivity contribution >= 4 is 165 Å². The fourth-order valence-electron chi connectivity index (χ4n) is 10.4. The van der Waals surface area contributed by atoms with Gasteiger partial charge in [0, 0.05) is 53.7 Å². The van der Waals surface area contributed by atoms with Crippen LogP contribution < -0.4 is 59.8 Å². The number of benzene rings is 6. The molecule has 30 heteroatoms. The molecule has 0 bridgehead atoms. The summed E-state index contributed by atoms with van der Waals surface area (Å²) < 4.78 is 30.0. The molecule has 0 saturated carbocycles. The van der Waals surface area contributed by atoms with E-state index >= 15 is 0 Å². The van der Waals surface area contributed by atoms with Gasteiger partial charge in [-0.15, -0.1) is 0 Å². The number of imide groups is 4. The molecule has 0 spiro atoms. The summed E-state index contributed by atoms with van der Waals surface area (Å²) in [4.78, 5) is 118. The molecule has 4 aliphatic heterocycles. The Labute approximate surface area is 643 Å². The van der Waals surface area contributed by atoms with E-state index in [1.807, 2.05) is 219 Å². The van der Waals surface area contributed by atoms with Crippen molar-refractivity contribution in [1.82, 2.24) is 41.2 Å². The third-order valence-corrected chi connectivity index (χ3v) is 20.6. The second-order valence-corrected chi connectivity index (χ2v) is 29.3. The number of amides is 8. The van der Waals surface area contributed by atoms with Gasteiger partial charge in [0.2, 0.25) is 5.91 Å². The maximum Gasteiger partial charge on any atom is 0.298 e. The number of thioether (sulfide) groups is 4. The molecular weight excluding hydrogens is 1470 g/mol. The Balaban J connectivity index is 0.000000144. The topological polar surface area (TPSA) is 299 Å². The van der Waals surface area contributed by atoms with Crippen LogP contribution in [0.15, 0.2) is 214 Å². The van der Waals surface area contributed by atoms with Gasteiger partial charge in [-0.25, -0.2) is 15.0 Å². The Morgan fingerprint density at radius 3 is 1.27 bits per heavy atom. The number of para-hydroxylation sites is 3. The Hall–Kier alpha value is -11.4. The number of nitrogens with zero attached hydrogens (tertiary/aromatic N) is 8. The van der Waals surface area contributed by atoms with Gasteiger partial charge >= 0.3 is 0 Å². The van der Waals surface area contributed by atoms with Crippen LogP contribution in [0.3, 0.4) is 0 Å². The lowest BCUT2D eigenvalue weighted by Gasteiger charge is -2.18. The number of carbonyl (C=O) groups excluding carboxylic acids is 8. The second kappa shape index (κ2) is 38.7. The zero-order valence-electron chi connectivity index (χ0n) is 59.0. The van der Waals surface area contributed by atoms with Gasteiger partial charge in [-0.2, -0.15) is 4.98 Å². The number of hydrogen-bond acceptors (Lipinski definition) is 26. The molecule has 1 atom stereocenters. The highest BCUT2D eigenvalue weighted by molar-refractivity contribution is 8.19. The normalized spacial score (nSPS) is 15.5. The highest BCUT2D eigenvalue weighted by Crippen LogP contribution is 2.32. The van der Waals surface area contributed by atoms with Gasteiger partial charge in [0.25, 0.3) is 44.7 Å². The number of rotatable bonds is 27. The predicted octanol–water partition coefficient (Wildman–Crippen LogP) is 14.0. The van der Waals surface area contributed by atoms with Crippen molar-refractivity contribution in [2.45, 2.75) is 24.5 Å². The fourth-order valence-corrected chi connectivity index (χ4v) is 14.2. The number of oxazole rings is 1. The quantitative estimate of drug-likeness (QED) is 0.0275. The lowest BCUT2D eigenvalue weighted by molar-refractivity contribution is -0.119. The Kier molecular flexibility index (Phi) is 27.8. The van der Waals surface area contributed by atoms with Crippen molar-refractivity contribution in [2.75, 3.05) is 100 Å². The largest absolute Gasteiger partial charge is 0.494 e. The first kappa shape index (κ1) is 77.7. The summed E-state index contributed by atoms with van der Waals surface area (Å²) in [6.45, 7) is 5.26. The number of fused-ring (bicyclic) bond motifs is 2. The number of carbonyl (C=O) groups is 8. The number of likely N-dealkylation sites (N-methyl/N-ethyl adjacent to an activating group) is 2. The van der Waals surface area contributed by atoms with Crippen molar-refractivity contribution in [1.29, 1.82) is 0 Å². The molecule has 108 heavy (non-hydrogen) atoms. The number of hydrogen-bond donors (Lipinski definition) is 4. The summed E-state index contributed by atoms with van der Waals surface area (Å²) in [6.07, 6.45) is 10.8. The van der Waals surface area contributed by atoms with Crippen LogP contribution in [0.2, 0.25) is 0 Å². The van der Waals surface area contributed by atoms with Crippen LogP contribution in [0.25, 0.3) is 39.5 Å². The average Bonchev–Trinajstić information content (AvgIpc) is 1.69. The van der Waals surface area contributed by atoms with Crippen molar-refractivity contribution in [3.05, 3.63) is 231 Å². The molecule has 8 amide bonds. The van der Waals surface area contributed by atoms with E-state index in [4.69, 9.17) is 23.4 Å². The third-order valence-electron chi connectivity index (χ3n) is 16.1. The molecule has 554 valence electrons. The van der Waals surface area contributed by atoms with Gasteiger partial charge in [0.15, 0.2) is 10.7 Å². The molecule has 6 aromatic carbocycles. The molecule has 4 fully saturated rings. The van der Waals surface area contributed by atoms with Gasteiger partial charge in [-0.05, 0) is 192 Å². The third kappa shape index (κ3) is 23.3. The van der Waals surface area contributed by atoms with Gasteiger partial charge < -0.3 is 43.0 Å². The molecule has 4 aromatic heterocycles. The van der Waals surface area contributed by atoms with E-state index in [9.17, 15) is 38.4 Å². The number of anilines is 4. The zero-order valence-corrected chi connectivity index (χ0v) is 63.1. The van der Waals surface area contributed by atoms with Crippen molar-refractivity contribution < 1.29 is 61.7 Å². The van der Waals surface area contributed by atoms with Gasteiger partial charge in [0.05, 0.1) is 56.5 Å². The van der Waals surface area contributed by atoms with E-state index in [-0.39, 0.29) is 49.8 Å². The van der Waals surface area contributed by atoms with Crippen LogP contribution in [0, 0.1) is 0 Å². The maximum absolute atomic E-state index is 11.6. The van der Waals surface area contributed by atoms with Crippen LogP contribution >= 0.6 is 58.4 Å². The fraction of sp³-hybridized carbons (Fsp3) is 0.205. The highest BCUT2D eigenvalue weighted by atomic mass is 32.2. The van der Waals surface area contributed by atoms with E-state index < -0.39 is 0 Å². The summed E-state index contributed by atoms with van der Waals surface area (Å²) in [7, 11) is 7.92. The summed E-state index contributed by atoms with van der Waals surface area (Å²) in [6, 6.07) is 57.8. The zero-order chi connectivity index (χ0) is 75.7. The molecule has 1 unspecified atom stereocenters. The van der Waals surface area contributed by atoms with Gasteiger partial charge in [0.1, 0.15) is 53.4 Å². The molecule has 4 N–H and O–H groups in total. The predicted molar refractivity (Wildman–Crippen MR) is 428 cm³/mol. The lowest BCUT2D eigenvalue weighted by Crippen LogP contribution is -2.25. The summed E-state index contributed by atoms with van der Waals surface area (Å²) in [5.41, 5.74) is 6.17. The van der Waals surface area contributed by atoms with Gasteiger partial charge in [-0.1, -0.05) is 108 Å². The minimum Gasteiger partial charge on any atom is -0.494 e. The van der Waals surface area contributed by atoms with E-state index in [1.54, 1.807) is 42.0 Å². The number of ether oxygens (including phenoxy) is 4. The van der Waals surface area contributed by atoms with Gasteiger partial charge in [-0.3, -0.25) is 59.6 Å². The van der Waals surface area contributed by atoms with Crippen molar-refractivity contribution in [3.63, 3.8) is 0 Å². The molecule has 25 nitrogen and oxygen atoms in total. The smallest absolute Gasteiger partial charge is 0.298 e. The van der Waals surface area contributed by atoms with Crippen molar-refractivity contribution in [2.24, 2.45) is 0 Å². The monoisotopic (exact) mass is 1550 g/mol. The minimum atomic E-state index is -0.358. The lowest BCUT2D eigenvalue weighted by atomic mass is 10.1. The summed E-state index contributed by atoms with van der Waals surface area (Å²) in [5.74, 6) is 3.57.